The van der Waals surface area contributed by atoms with E-state index in [1.807, 2.05) is 54.6 Å². The van der Waals surface area contributed by atoms with Crippen LogP contribution in [0.3, 0.4) is 0 Å². The largest absolute Gasteiger partial charge is 0.383 e. The van der Waals surface area contributed by atoms with Gasteiger partial charge in [-0.05, 0) is 51.9 Å². The normalized spacial score (nSPS) is 12.1. The van der Waals surface area contributed by atoms with Crippen molar-refractivity contribution >= 4 is 55.0 Å². The highest BCUT2D eigenvalue weighted by atomic mass is 15.1. The number of hydrogen-bond donors (Lipinski definition) is 2. The van der Waals surface area contributed by atoms with E-state index in [9.17, 15) is 0 Å². The molecule has 0 aliphatic rings. The number of hydrogen-bond acceptors (Lipinski definition) is 2. The molecule has 0 bridgehead atoms. The van der Waals surface area contributed by atoms with Gasteiger partial charge in [-0.2, -0.15) is 0 Å². The molecule has 5 aromatic carbocycles. The third-order valence-electron chi connectivity index (χ3n) is 7.05. The average molecular weight is 490 g/mol. The molecule has 5 nitrogen and oxygen atoms in total. The van der Waals surface area contributed by atoms with Gasteiger partial charge in [-0.25, -0.2) is 9.98 Å². The number of nitrogens with zero attached hydrogens (tertiary/aromatic N) is 3. The molecule has 2 aromatic heterocycles. The van der Waals surface area contributed by atoms with Crippen molar-refractivity contribution in [1.82, 2.24) is 9.55 Å². The van der Waals surface area contributed by atoms with Crippen molar-refractivity contribution < 1.29 is 0 Å². The maximum Gasteiger partial charge on any atom is 0.172 e. The van der Waals surface area contributed by atoms with Crippen LogP contribution >= 0.6 is 0 Å². The second kappa shape index (κ2) is 8.68. The van der Waals surface area contributed by atoms with E-state index in [4.69, 9.17) is 16.1 Å². The first kappa shape index (κ1) is 21.9. The van der Waals surface area contributed by atoms with Crippen molar-refractivity contribution in [2.45, 2.75) is 0 Å². The molecule has 180 valence electrons. The second-order valence-electron chi connectivity index (χ2n) is 9.32. The van der Waals surface area contributed by atoms with Gasteiger partial charge in [0, 0.05) is 16.3 Å². The highest BCUT2D eigenvalue weighted by Gasteiger charge is 2.16. The Morgan fingerprint density at radius 2 is 1.37 bits per heavy atom. The average Bonchev–Trinajstić information content (AvgIpc) is 3.32. The lowest BCUT2D eigenvalue weighted by atomic mass is 10.0. The number of aliphatic imine (C=N–C) groups is 1. The van der Waals surface area contributed by atoms with Gasteiger partial charge in [-0.15, -0.1) is 0 Å². The first-order chi connectivity index (χ1) is 18.7. The Morgan fingerprint density at radius 1 is 0.658 bits per heavy atom. The molecule has 7 rings (SSSR count). The number of fused-ring (bicyclic) bond motifs is 6. The summed E-state index contributed by atoms with van der Waals surface area (Å²) in [5, 5.41) is 15.7. The van der Waals surface area contributed by atoms with Gasteiger partial charge in [0.2, 0.25) is 0 Å². The van der Waals surface area contributed by atoms with Crippen molar-refractivity contribution in [1.29, 1.82) is 5.41 Å². The third-order valence-corrected chi connectivity index (χ3v) is 7.05. The summed E-state index contributed by atoms with van der Waals surface area (Å²) in [6, 6.07) is 40.8. The van der Waals surface area contributed by atoms with E-state index in [2.05, 4.69) is 70.2 Å². The van der Waals surface area contributed by atoms with E-state index in [1.54, 1.807) is 6.07 Å². The summed E-state index contributed by atoms with van der Waals surface area (Å²) in [5.41, 5.74) is 9.70. The van der Waals surface area contributed by atoms with Crippen LogP contribution in [0.2, 0.25) is 0 Å². The summed E-state index contributed by atoms with van der Waals surface area (Å²) in [6.07, 6.45) is 0. The fourth-order valence-corrected chi connectivity index (χ4v) is 5.26. The molecule has 0 saturated carbocycles. The summed E-state index contributed by atoms with van der Waals surface area (Å²) < 4.78 is 2.16. The van der Waals surface area contributed by atoms with Gasteiger partial charge in [0.15, 0.2) is 5.84 Å². The maximum absolute atomic E-state index is 8.69. The molecular weight excluding hydrogens is 466 g/mol. The number of rotatable bonds is 3. The maximum atomic E-state index is 8.69. The van der Waals surface area contributed by atoms with Crippen LogP contribution in [-0.4, -0.2) is 21.2 Å². The Bertz CT molecular complexity index is 2070. The molecule has 0 radical (unpaired) electrons. The molecule has 0 amide bonds. The van der Waals surface area contributed by atoms with Crippen LogP contribution in [0.5, 0.6) is 0 Å². The van der Waals surface area contributed by atoms with Gasteiger partial charge in [0.25, 0.3) is 0 Å². The van der Waals surface area contributed by atoms with Crippen molar-refractivity contribution in [3.8, 4) is 5.82 Å². The Kier molecular flexibility index (Phi) is 5.01. The monoisotopic (exact) mass is 489 g/mol. The molecular formula is C33H23N5. The molecule has 3 N–H and O–H groups in total. The Morgan fingerprint density at radius 3 is 2.24 bits per heavy atom. The van der Waals surface area contributed by atoms with E-state index in [1.165, 1.54) is 21.5 Å². The number of amidine groups is 2. The molecule has 0 spiro atoms. The molecule has 5 heteroatoms. The van der Waals surface area contributed by atoms with Crippen molar-refractivity contribution in [2.75, 3.05) is 0 Å². The Balaban J connectivity index is 1.34. The molecule has 0 atom stereocenters. The zero-order valence-electron chi connectivity index (χ0n) is 20.5. The minimum atomic E-state index is 0.0173. The van der Waals surface area contributed by atoms with Gasteiger partial charge in [0.1, 0.15) is 17.3 Å². The highest BCUT2D eigenvalue weighted by Crippen LogP contribution is 2.36. The number of nitrogens with two attached hydrogens (primary N) is 1. The Hall–Kier alpha value is -5.29. The van der Waals surface area contributed by atoms with Crippen LogP contribution in [0.4, 0.5) is 0 Å². The summed E-state index contributed by atoms with van der Waals surface area (Å²) in [6.45, 7) is 0. The van der Waals surface area contributed by atoms with Crippen LogP contribution in [0.25, 0.3) is 49.2 Å². The molecule has 7 aromatic rings. The van der Waals surface area contributed by atoms with E-state index in [-0.39, 0.29) is 11.7 Å². The van der Waals surface area contributed by atoms with Gasteiger partial charge in [-0.3, -0.25) is 9.98 Å². The van der Waals surface area contributed by atoms with E-state index >= 15 is 0 Å². The predicted octanol–water partition coefficient (Wildman–Crippen LogP) is 7.22. The number of aromatic nitrogens is 2. The molecule has 0 aliphatic heterocycles. The first-order valence-corrected chi connectivity index (χ1v) is 12.5. The van der Waals surface area contributed by atoms with Crippen LogP contribution in [0, 0.1) is 5.41 Å². The van der Waals surface area contributed by atoms with E-state index in [0.29, 0.717) is 5.69 Å². The van der Waals surface area contributed by atoms with Crippen LogP contribution in [-0.2, 0) is 0 Å². The smallest absolute Gasteiger partial charge is 0.172 e. The number of benzene rings is 5. The lowest BCUT2D eigenvalue weighted by Crippen LogP contribution is -2.16. The molecule has 0 fully saturated rings. The number of nitrogens with one attached hydrogen (secondary N) is 1. The summed E-state index contributed by atoms with van der Waals surface area (Å²) in [4.78, 5) is 9.29. The topological polar surface area (TPSA) is 80.0 Å². The lowest BCUT2D eigenvalue weighted by Gasteiger charge is -2.09. The van der Waals surface area contributed by atoms with E-state index < -0.39 is 0 Å². The van der Waals surface area contributed by atoms with Crippen LogP contribution in [0.1, 0.15) is 11.3 Å². The zero-order chi connectivity index (χ0) is 25.6. The standard InChI is InChI=1S/C33H23N5/c34-32(24-17-16-21-8-1-2-10-23(21)20-24)37-33(35)27-13-7-15-30(36-27)38-28-14-6-5-12-26(28)31-25-11-4-3-9-22(25)18-19-29(31)38/h1-20H,(H3,34,35,37). The quantitative estimate of drug-likeness (QED) is 0.203. The Labute approximate surface area is 219 Å². The third kappa shape index (κ3) is 3.52. The molecule has 38 heavy (non-hydrogen) atoms. The second-order valence-corrected chi connectivity index (χ2v) is 9.32. The lowest BCUT2D eigenvalue weighted by molar-refractivity contribution is 1.07. The van der Waals surface area contributed by atoms with Crippen LogP contribution < -0.4 is 5.73 Å². The number of pyridine rings is 1. The fraction of sp³-hybridized carbons (Fsp3) is 0. The van der Waals surface area contributed by atoms with Gasteiger partial charge < -0.3 is 5.73 Å². The summed E-state index contributed by atoms with van der Waals surface area (Å²) in [7, 11) is 0. The highest BCUT2D eigenvalue weighted by molar-refractivity contribution is 6.21. The van der Waals surface area contributed by atoms with Gasteiger partial charge in [-0.1, -0.05) is 91.0 Å². The van der Waals surface area contributed by atoms with Crippen molar-refractivity contribution in [3.05, 3.63) is 133 Å². The van der Waals surface area contributed by atoms with Crippen molar-refractivity contribution in [3.63, 3.8) is 0 Å². The SMILES string of the molecule is N=C(N=C(N)c1ccc2ccccc2c1)c1cccc(-n2c3ccccc3c3c4ccccc4ccc32)n1. The molecule has 0 unspecified atom stereocenters. The fourth-order valence-electron chi connectivity index (χ4n) is 5.26. The minimum Gasteiger partial charge on any atom is -0.383 e. The van der Waals surface area contributed by atoms with Gasteiger partial charge in [0.05, 0.1) is 11.0 Å². The molecule has 0 aliphatic carbocycles. The summed E-state index contributed by atoms with van der Waals surface area (Å²) >= 11 is 0. The molecule has 2 heterocycles. The first-order valence-electron chi connectivity index (χ1n) is 12.5. The minimum absolute atomic E-state index is 0.0173. The van der Waals surface area contributed by atoms with Crippen molar-refractivity contribution in [2.24, 2.45) is 10.7 Å². The zero-order valence-corrected chi connectivity index (χ0v) is 20.5. The predicted molar refractivity (Wildman–Crippen MR) is 158 cm³/mol. The van der Waals surface area contributed by atoms with Gasteiger partial charge >= 0.3 is 0 Å². The number of para-hydroxylation sites is 1. The van der Waals surface area contributed by atoms with E-state index in [0.717, 1.165) is 33.2 Å². The molecule has 0 saturated heterocycles. The summed E-state index contributed by atoms with van der Waals surface area (Å²) in [5.74, 6) is 1.04. The van der Waals surface area contributed by atoms with Crippen LogP contribution in [0.15, 0.2) is 126 Å².